The van der Waals surface area contributed by atoms with Gasteiger partial charge in [0.05, 0.1) is 6.10 Å². The molecular weight excluding hydrogens is 256 g/mol. The SMILES string of the molecule is COC1CC(C(=O)O)N(C(=O)NC2CCSC2)C1. The third-order valence-electron chi connectivity index (χ3n) is 3.40. The Kier molecular flexibility index (Phi) is 4.34. The summed E-state index contributed by atoms with van der Waals surface area (Å²) in [4.78, 5) is 24.6. The summed E-state index contributed by atoms with van der Waals surface area (Å²) in [6.07, 6.45) is 1.13. The highest BCUT2D eigenvalue weighted by molar-refractivity contribution is 7.99. The second kappa shape index (κ2) is 5.79. The number of aliphatic carboxylic acids is 1. The lowest BCUT2D eigenvalue weighted by Crippen LogP contribution is -2.49. The average molecular weight is 274 g/mol. The number of carbonyl (C=O) groups is 2. The van der Waals surface area contributed by atoms with Gasteiger partial charge < -0.3 is 20.1 Å². The summed E-state index contributed by atoms with van der Waals surface area (Å²) >= 11 is 1.80. The molecule has 0 saturated carbocycles. The molecule has 2 amide bonds. The van der Waals surface area contributed by atoms with Crippen molar-refractivity contribution in [3.8, 4) is 0 Å². The van der Waals surface area contributed by atoms with E-state index in [9.17, 15) is 9.59 Å². The van der Waals surface area contributed by atoms with Gasteiger partial charge in [-0.25, -0.2) is 9.59 Å². The minimum Gasteiger partial charge on any atom is -0.480 e. The van der Waals surface area contributed by atoms with Gasteiger partial charge in [-0.3, -0.25) is 0 Å². The zero-order chi connectivity index (χ0) is 13.1. The van der Waals surface area contributed by atoms with Crippen molar-refractivity contribution >= 4 is 23.8 Å². The van der Waals surface area contributed by atoms with E-state index in [4.69, 9.17) is 9.84 Å². The quantitative estimate of drug-likeness (QED) is 0.777. The number of thioether (sulfide) groups is 1. The number of methoxy groups -OCH3 is 1. The minimum atomic E-state index is -0.967. The van der Waals surface area contributed by atoms with Gasteiger partial charge in [0.1, 0.15) is 6.04 Å². The molecule has 0 aromatic rings. The lowest BCUT2D eigenvalue weighted by Gasteiger charge is -2.23. The van der Waals surface area contributed by atoms with Crippen LogP contribution in [0.15, 0.2) is 0 Å². The van der Waals surface area contributed by atoms with Crippen molar-refractivity contribution in [3.63, 3.8) is 0 Å². The molecule has 0 bridgehead atoms. The zero-order valence-electron chi connectivity index (χ0n) is 10.3. The van der Waals surface area contributed by atoms with Crippen LogP contribution in [0.1, 0.15) is 12.8 Å². The fourth-order valence-corrected chi connectivity index (χ4v) is 3.49. The number of hydrogen-bond donors (Lipinski definition) is 2. The Balaban J connectivity index is 1.96. The molecule has 7 heteroatoms. The lowest BCUT2D eigenvalue weighted by atomic mass is 10.2. The molecule has 3 unspecified atom stereocenters. The van der Waals surface area contributed by atoms with Crippen molar-refractivity contribution in [2.45, 2.75) is 31.0 Å². The number of nitrogens with zero attached hydrogens (tertiary/aromatic N) is 1. The van der Waals surface area contributed by atoms with E-state index in [1.165, 1.54) is 4.90 Å². The van der Waals surface area contributed by atoms with Gasteiger partial charge in [-0.1, -0.05) is 0 Å². The highest BCUT2D eigenvalue weighted by atomic mass is 32.2. The molecule has 6 nitrogen and oxygen atoms in total. The van der Waals surface area contributed by atoms with Gasteiger partial charge in [0.2, 0.25) is 0 Å². The summed E-state index contributed by atoms with van der Waals surface area (Å²) in [6, 6.07) is -0.892. The smallest absolute Gasteiger partial charge is 0.326 e. The van der Waals surface area contributed by atoms with E-state index in [-0.39, 0.29) is 18.2 Å². The van der Waals surface area contributed by atoms with E-state index in [2.05, 4.69) is 5.32 Å². The van der Waals surface area contributed by atoms with Crippen molar-refractivity contribution in [2.75, 3.05) is 25.2 Å². The summed E-state index contributed by atoms with van der Waals surface area (Å²) in [6.45, 7) is 0.346. The first-order valence-corrected chi connectivity index (χ1v) is 7.17. The van der Waals surface area contributed by atoms with Crippen LogP contribution in [0.2, 0.25) is 0 Å². The number of amides is 2. The molecule has 2 N–H and O–H groups in total. The first kappa shape index (κ1) is 13.5. The normalized spacial score (nSPS) is 31.6. The maximum atomic E-state index is 12.1. The molecule has 0 radical (unpaired) electrons. The van der Waals surface area contributed by atoms with E-state index in [0.717, 1.165) is 17.9 Å². The van der Waals surface area contributed by atoms with E-state index in [1.807, 2.05) is 0 Å². The number of nitrogens with one attached hydrogen (secondary N) is 1. The second-order valence-electron chi connectivity index (χ2n) is 4.61. The highest BCUT2D eigenvalue weighted by Crippen LogP contribution is 2.22. The van der Waals surface area contributed by atoms with Crippen molar-refractivity contribution in [1.82, 2.24) is 10.2 Å². The summed E-state index contributed by atoms with van der Waals surface area (Å²) in [5.41, 5.74) is 0. The molecule has 2 saturated heterocycles. The van der Waals surface area contributed by atoms with Gasteiger partial charge in [0.25, 0.3) is 0 Å². The number of rotatable bonds is 3. The largest absolute Gasteiger partial charge is 0.480 e. The molecule has 2 aliphatic rings. The van der Waals surface area contributed by atoms with Crippen LogP contribution in [0.5, 0.6) is 0 Å². The van der Waals surface area contributed by atoms with Gasteiger partial charge in [-0.15, -0.1) is 0 Å². The fourth-order valence-electron chi connectivity index (χ4n) is 2.33. The number of hydrogen-bond acceptors (Lipinski definition) is 4. The molecule has 2 rings (SSSR count). The number of ether oxygens (including phenoxy) is 1. The Morgan fingerprint density at radius 3 is 2.83 bits per heavy atom. The molecule has 2 fully saturated rings. The molecule has 0 aromatic heterocycles. The van der Waals surface area contributed by atoms with E-state index < -0.39 is 12.0 Å². The Morgan fingerprint density at radius 2 is 2.28 bits per heavy atom. The monoisotopic (exact) mass is 274 g/mol. The Hall–Kier alpha value is -0.950. The predicted octanol–water partition coefficient (Wildman–Crippen LogP) is 0.375. The van der Waals surface area contributed by atoms with Crippen LogP contribution in [0.4, 0.5) is 4.79 Å². The molecule has 0 aliphatic carbocycles. The fraction of sp³-hybridized carbons (Fsp3) is 0.818. The van der Waals surface area contributed by atoms with Crippen LogP contribution in [-0.4, -0.2) is 65.4 Å². The summed E-state index contributed by atoms with van der Waals surface area (Å²) in [7, 11) is 1.54. The van der Waals surface area contributed by atoms with Crippen LogP contribution in [0.3, 0.4) is 0 Å². The van der Waals surface area contributed by atoms with Crippen molar-refractivity contribution in [3.05, 3.63) is 0 Å². The van der Waals surface area contributed by atoms with E-state index in [0.29, 0.717) is 13.0 Å². The molecule has 0 aromatic carbocycles. The van der Waals surface area contributed by atoms with Crippen LogP contribution >= 0.6 is 11.8 Å². The highest BCUT2D eigenvalue weighted by Gasteiger charge is 2.40. The Labute approximate surface area is 110 Å². The van der Waals surface area contributed by atoms with E-state index >= 15 is 0 Å². The van der Waals surface area contributed by atoms with Gasteiger partial charge >= 0.3 is 12.0 Å². The maximum absolute atomic E-state index is 12.1. The average Bonchev–Trinajstić information content (AvgIpc) is 2.96. The molecule has 2 aliphatic heterocycles. The van der Waals surface area contributed by atoms with Crippen LogP contribution < -0.4 is 5.32 Å². The molecule has 18 heavy (non-hydrogen) atoms. The number of likely N-dealkylation sites (tertiary alicyclic amines) is 1. The number of carbonyl (C=O) groups excluding carboxylic acids is 1. The molecular formula is C11H18N2O4S. The van der Waals surface area contributed by atoms with Crippen molar-refractivity contribution in [2.24, 2.45) is 0 Å². The molecule has 0 spiro atoms. The first-order chi connectivity index (χ1) is 8.61. The lowest BCUT2D eigenvalue weighted by molar-refractivity contribution is -0.141. The Bertz CT molecular complexity index is 333. The molecule has 2 heterocycles. The summed E-state index contributed by atoms with van der Waals surface area (Å²) in [5.74, 6) is 0.990. The zero-order valence-corrected chi connectivity index (χ0v) is 11.1. The molecule has 3 atom stereocenters. The van der Waals surface area contributed by atoms with Gasteiger partial charge in [0.15, 0.2) is 0 Å². The van der Waals surface area contributed by atoms with Crippen molar-refractivity contribution in [1.29, 1.82) is 0 Å². The Morgan fingerprint density at radius 1 is 1.50 bits per heavy atom. The van der Waals surface area contributed by atoms with Crippen LogP contribution in [-0.2, 0) is 9.53 Å². The molecule has 102 valence electrons. The van der Waals surface area contributed by atoms with Crippen LogP contribution in [0, 0.1) is 0 Å². The van der Waals surface area contributed by atoms with Crippen LogP contribution in [0.25, 0.3) is 0 Å². The number of urea groups is 1. The third-order valence-corrected chi connectivity index (χ3v) is 4.56. The number of carboxylic acid groups (broad SMARTS) is 1. The van der Waals surface area contributed by atoms with Gasteiger partial charge in [-0.05, 0) is 12.2 Å². The summed E-state index contributed by atoms with van der Waals surface area (Å²) < 4.78 is 5.15. The summed E-state index contributed by atoms with van der Waals surface area (Å²) in [5, 5.41) is 12.0. The third kappa shape index (κ3) is 2.89. The standard InChI is InChI=1S/C11H18N2O4S/c1-17-8-4-9(10(14)15)13(5-8)11(16)12-7-2-3-18-6-7/h7-9H,2-6H2,1H3,(H,12,16)(H,14,15). The predicted molar refractivity (Wildman–Crippen MR) is 67.8 cm³/mol. The van der Waals surface area contributed by atoms with E-state index in [1.54, 1.807) is 18.9 Å². The van der Waals surface area contributed by atoms with Gasteiger partial charge in [-0.2, -0.15) is 11.8 Å². The second-order valence-corrected chi connectivity index (χ2v) is 5.76. The topological polar surface area (TPSA) is 78.9 Å². The van der Waals surface area contributed by atoms with Gasteiger partial charge in [0, 0.05) is 31.9 Å². The maximum Gasteiger partial charge on any atom is 0.326 e. The first-order valence-electron chi connectivity index (χ1n) is 6.02. The van der Waals surface area contributed by atoms with Crippen molar-refractivity contribution < 1.29 is 19.4 Å². The minimum absolute atomic E-state index is 0.165. The number of carboxylic acids is 1.